The zero-order valence-corrected chi connectivity index (χ0v) is 17.7. The molecule has 1 aromatic rings. The number of aliphatic hydroxyl groups excluding tert-OH is 1. The molecule has 1 N–H and O–H groups in total. The summed E-state index contributed by atoms with van der Waals surface area (Å²) in [7, 11) is 1.72. The largest absolute Gasteiger partial charge is 0.496 e. The quantitative estimate of drug-likeness (QED) is 0.700. The normalized spacial score (nSPS) is 22.5. The van der Waals surface area contributed by atoms with Crippen molar-refractivity contribution in [2.24, 2.45) is 0 Å². The minimum atomic E-state index is 0.281. The number of methoxy groups -OCH3 is 1. The Hall–Kier alpha value is -1.14. The van der Waals surface area contributed by atoms with Crippen LogP contribution in [0.15, 0.2) is 18.2 Å². The molecule has 5 heteroatoms. The van der Waals surface area contributed by atoms with Crippen LogP contribution in [0.2, 0.25) is 0 Å². The number of aliphatic hydroxyl groups is 1. The first-order chi connectivity index (χ1) is 13.7. The molecule has 158 valence electrons. The lowest BCUT2D eigenvalue weighted by Crippen LogP contribution is -2.56. The third-order valence-corrected chi connectivity index (χ3v) is 6.33. The van der Waals surface area contributed by atoms with E-state index in [1.807, 2.05) is 6.92 Å². The zero-order valence-electron chi connectivity index (χ0n) is 17.7. The molecule has 2 aliphatic rings. The molecule has 0 spiro atoms. The SMILES string of the molecule is CCOCc1cc(CN2CCN(C3CCCCC3)[C@@H](CCO)C2)ccc1OC. The Kier molecular flexibility index (Phi) is 8.59. The summed E-state index contributed by atoms with van der Waals surface area (Å²) in [6.45, 7) is 7.82. The van der Waals surface area contributed by atoms with Crippen LogP contribution < -0.4 is 4.74 Å². The van der Waals surface area contributed by atoms with Gasteiger partial charge in [0.25, 0.3) is 0 Å². The van der Waals surface area contributed by atoms with E-state index in [4.69, 9.17) is 9.47 Å². The zero-order chi connectivity index (χ0) is 19.8. The molecule has 0 radical (unpaired) electrons. The molecule has 1 atom stereocenters. The van der Waals surface area contributed by atoms with E-state index in [1.165, 1.54) is 37.7 Å². The van der Waals surface area contributed by atoms with Crippen LogP contribution in [0, 0.1) is 0 Å². The fraction of sp³-hybridized carbons (Fsp3) is 0.739. The number of rotatable bonds is 9. The number of benzene rings is 1. The van der Waals surface area contributed by atoms with Crippen LogP contribution in [0.25, 0.3) is 0 Å². The second kappa shape index (κ2) is 11.1. The maximum Gasteiger partial charge on any atom is 0.124 e. The van der Waals surface area contributed by atoms with E-state index < -0.39 is 0 Å². The molecule has 0 amide bonds. The predicted octanol–water partition coefficient (Wildman–Crippen LogP) is 3.43. The first-order valence-electron chi connectivity index (χ1n) is 11.1. The number of hydrogen-bond acceptors (Lipinski definition) is 5. The first kappa shape index (κ1) is 21.6. The topological polar surface area (TPSA) is 45.2 Å². The van der Waals surface area contributed by atoms with Crippen LogP contribution in [0.3, 0.4) is 0 Å². The smallest absolute Gasteiger partial charge is 0.124 e. The van der Waals surface area contributed by atoms with Gasteiger partial charge in [0.05, 0.1) is 13.7 Å². The van der Waals surface area contributed by atoms with Gasteiger partial charge >= 0.3 is 0 Å². The van der Waals surface area contributed by atoms with Gasteiger partial charge in [-0.1, -0.05) is 25.3 Å². The molecule has 0 aromatic heterocycles. The van der Waals surface area contributed by atoms with E-state index in [9.17, 15) is 5.11 Å². The van der Waals surface area contributed by atoms with E-state index in [1.54, 1.807) is 7.11 Å². The monoisotopic (exact) mass is 390 g/mol. The predicted molar refractivity (Wildman–Crippen MR) is 113 cm³/mol. The Bertz CT molecular complexity index is 589. The van der Waals surface area contributed by atoms with Gasteiger partial charge in [0.1, 0.15) is 5.75 Å². The second-order valence-corrected chi connectivity index (χ2v) is 8.21. The highest BCUT2D eigenvalue weighted by atomic mass is 16.5. The lowest BCUT2D eigenvalue weighted by atomic mass is 9.91. The minimum Gasteiger partial charge on any atom is -0.496 e. The van der Waals surface area contributed by atoms with Gasteiger partial charge in [0.15, 0.2) is 0 Å². The molecule has 1 aromatic carbocycles. The highest BCUT2D eigenvalue weighted by molar-refractivity contribution is 5.37. The minimum absolute atomic E-state index is 0.281. The molecule has 1 aliphatic heterocycles. The number of ether oxygens (including phenoxy) is 2. The van der Waals surface area contributed by atoms with Crippen molar-refractivity contribution in [1.82, 2.24) is 9.80 Å². The molecule has 1 aliphatic carbocycles. The lowest BCUT2D eigenvalue weighted by molar-refractivity contribution is 0.0136. The highest BCUT2D eigenvalue weighted by Crippen LogP contribution is 2.28. The summed E-state index contributed by atoms with van der Waals surface area (Å²) in [5.41, 5.74) is 2.43. The molecule has 1 saturated heterocycles. The summed E-state index contributed by atoms with van der Waals surface area (Å²) >= 11 is 0. The molecule has 28 heavy (non-hydrogen) atoms. The van der Waals surface area contributed by atoms with Crippen LogP contribution in [-0.2, 0) is 17.9 Å². The Morgan fingerprint density at radius 3 is 2.68 bits per heavy atom. The number of piperazine rings is 1. The molecule has 1 heterocycles. The van der Waals surface area contributed by atoms with Gasteiger partial charge in [-0.2, -0.15) is 0 Å². The van der Waals surface area contributed by atoms with Crippen molar-refractivity contribution in [3.05, 3.63) is 29.3 Å². The van der Waals surface area contributed by atoms with Gasteiger partial charge in [-0.3, -0.25) is 9.80 Å². The van der Waals surface area contributed by atoms with E-state index in [-0.39, 0.29) is 6.61 Å². The van der Waals surface area contributed by atoms with Crippen molar-refractivity contribution in [2.75, 3.05) is 40.0 Å². The lowest BCUT2D eigenvalue weighted by Gasteiger charge is -2.46. The molecule has 5 nitrogen and oxygen atoms in total. The summed E-state index contributed by atoms with van der Waals surface area (Å²) in [6, 6.07) is 7.66. The Labute approximate surface area is 170 Å². The van der Waals surface area contributed by atoms with Crippen LogP contribution in [-0.4, -0.2) is 66.9 Å². The Morgan fingerprint density at radius 1 is 1.14 bits per heavy atom. The fourth-order valence-electron chi connectivity index (χ4n) is 4.89. The number of nitrogens with zero attached hydrogens (tertiary/aromatic N) is 2. The van der Waals surface area contributed by atoms with Crippen molar-refractivity contribution in [2.45, 2.75) is 70.7 Å². The first-order valence-corrected chi connectivity index (χ1v) is 11.1. The van der Waals surface area contributed by atoms with E-state index >= 15 is 0 Å². The van der Waals surface area contributed by atoms with Crippen LogP contribution >= 0.6 is 0 Å². The average Bonchev–Trinajstić information content (AvgIpc) is 2.73. The van der Waals surface area contributed by atoms with Gasteiger partial charge in [-0.25, -0.2) is 0 Å². The third-order valence-electron chi connectivity index (χ3n) is 6.33. The molecule has 0 bridgehead atoms. The average molecular weight is 391 g/mol. The summed E-state index contributed by atoms with van der Waals surface area (Å²) in [5, 5.41) is 9.61. The van der Waals surface area contributed by atoms with Crippen molar-refractivity contribution in [3.63, 3.8) is 0 Å². The van der Waals surface area contributed by atoms with E-state index in [2.05, 4.69) is 28.0 Å². The summed E-state index contributed by atoms with van der Waals surface area (Å²) in [5.74, 6) is 0.900. The highest BCUT2D eigenvalue weighted by Gasteiger charge is 2.32. The Balaban J connectivity index is 1.63. The standard InChI is InChI=1S/C23H38N2O3/c1-3-28-18-20-15-19(9-10-23(20)27-2)16-24-12-13-25(22(17-24)11-14-26)21-7-5-4-6-8-21/h9-10,15,21-22,26H,3-8,11-14,16-18H2,1-2H3/t22-/m0/s1. The van der Waals surface area contributed by atoms with Gasteiger partial charge in [-0.15, -0.1) is 0 Å². The fourth-order valence-corrected chi connectivity index (χ4v) is 4.89. The van der Waals surface area contributed by atoms with Crippen molar-refractivity contribution in [1.29, 1.82) is 0 Å². The summed E-state index contributed by atoms with van der Waals surface area (Å²) < 4.78 is 11.1. The molecule has 0 unspecified atom stereocenters. The molecule has 2 fully saturated rings. The second-order valence-electron chi connectivity index (χ2n) is 8.21. The van der Waals surface area contributed by atoms with Crippen molar-refractivity contribution >= 4 is 0 Å². The van der Waals surface area contributed by atoms with Gasteiger partial charge < -0.3 is 14.6 Å². The van der Waals surface area contributed by atoms with Gasteiger partial charge in [0, 0.05) is 57.0 Å². The van der Waals surface area contributed by atoms with E-state index in [0.717, 1.165) is 50.0 Å². The van der Waals surface area contributed by atoms with Crippen molar-refractivity contribution in [3.8, 4) is 5.75 Å². The molecule has 3 rings (SSSR count). The number of hydrogen-bond donors (Lipinski definition) is 1. The summed E-state index contributed by atoms with van der Waals surface area (Å²) in [4.78, 5) is 5.26. The van der Waals surface area contributed by atoms with Gasteiger partial charge in [-0.05, 0) is 43.9 Å². The van der Waals surface area contributed by atoms with E-state index in [0.29, 0.717) is 19.3 Å². The third kappa shape index (κ3) is 5.69. The summed E-state index contributed by atoms with van der Waals surface area (Å²) in [6.07, 6.45) is 7.67. The maximum absolute atomic E-state index is 9.61. The maximum atomic E-state index is 9.61. The molecular formula is C23H38N2O3. The van der Waals surface area contributed by atoms with Crippen LogP contribution in [0.5, 0.6) is 5.75 Å². The van der Waals surface area contributed by atoms with Crippen LogP contribution in [0.1, 0.15) is 56.6 Å². The molecule has 1 saturated carbocycles. The van der Waals surface area contributed by atoms with Crippen molar-refractivity contribution < 1.29 is 14.6 Å². The van der Waals surface area contributed by atoms with Crippen LogP contribution in [0.4, 0.5) is 0 Å². The molecular weight excluding hydrogens is 352 g/mol. The van der Waals surface area contributed by atoms with Gasteiger partial charge in [0.2, 0.25) is 0 Å². The Morgan fingerprint density at radius 2 is 1.96 bits per heavy atom.